The number of rotatable bonds is 9. The van der Waals surface area contributed by atoms with Gasteiger partial charge >= 0.3 is 11.9 Å². The number of carbonyl (C=O) groups is 5. The lowest BCUT2D eigenvalue weighted by molar-refractivity contribution is -0.147. The highest BCUT2D eigenvalue weighted by molar-refractivity contribution is 6.10. The third-order valence-corrected chi connectivity index (χ3v) is 3.24. The second-order valence-electron chi connectivity index (χ2n) is 5.46. The first kappa shape index (κ1) is 21.9. The van der Waals surface area contributed by atoms with Gasteiger partial charge in [-0.15, -0.1) is 0 Å². The van der Waals surface area contributed by atoms with E-state index >= 15 is 0 Å². The predicted molar refractivity (Wildman–Crippen MR) is 92.3 cm³/mol. The first-order chi connectivity index (χ1) is 12.7. The molecule has 0 aliphatic heterocycles. The molecule has 1 aromatic rings. The van der Waals surface area contributed by atoms with Crippen LogP contribution in [0.5, 0.6) is 0 Å². The summed E-state index contributed by atoms with van der Waals surface area (Å²) < 4.78 is 15.0. The number of esters is 2. The van der Waals surface area contributed by atoms with Crippen molar-refractivity contribution in [2.75, 3.05) is 25.1 Å². The van der Waals surface area contributed by atoms with Gasteiger partial charge < -0.3 is 19.2 Å². The summed E-state index contributed by atoms with van der Waals surface area (Å²) in [4.78, 5) is 58.1. The topological polar surface area (TPSA) is 141 Å². The zero-order valence-corrected chi connectivity index (χ0v) is 15.6. The van der Waals surface area contributed by atoms with E-state index in [4.69, 9.17) is 13.9 Å². The molecule has 10 nitrogen and oxygen atoms in total. The lowest BCUT2D eigenvalue weighted by atomic mass is 10.1. The van der Waals surface area contributed by atoms with Crippen LogP contribution >= 0.6 is 0 Å². The molecule has 0 fully saturated rings. The number of amides is 2. The molecular formula is C17H22N2O8. The van der Waals surface area contributed by atoms with Gasteiger partial charge in [0.05, 0.1) is 18.6 Å². The zero-order valence-electron chi connectivity index (χ0n) is 15.6. The van der Waals surface area contributed by atoms with Crippen molar-refractivity contribution in [2.45, 2.75) is 34.1 Å². The Morgan fingerprint density at radius 3 is 2.26 bits per heavy atom. The quantitative estimate of drug-likeness (QED) is 0.475. The number of hydrogen-bond acceptors (Lipinski definition) is 8. The fourth-order valence-corrected chi connectivity index (χ4v) is 2.18. The molecule has 0 atom stereocenters. The Labute approximate surface area is 155 Å². The highest BCUT2D eigenvalue weighted by Gasteiger charge is 2.28. The van der Waals surface area contributed by atoms with Crippen LogP contribution < -0.4 is 10.6 Å². The van der Waals surface area contributed by atoms with Crippen LogP contribution in [-0.2, 0) is 23.9 Å². The number of Topliss-reactive ketones (excluding diaryl/α,β-unsaturated/α-hetero) is 1. The largest absolute Gasteiger partial charge is 0.462 e. The second-order valence-corrected chi connectivity index (χ2v) is 5.46. The zero-order chi connectivity index (χ0) is 20.6. The first-order valence-corrected chi connectivity index (χ1v) is 8.18. The van der Waals surface area contributed by atoms with Crippen molar-refractivity contribution in [3.05, 3.63) is 16.9 Å². The van der Waals surface area contributed by atoms with E-state index < -0.39 is 30.2 Å². The minimum Gasteiger partial charge on any atom is -0.462 e. The van der Waals surface area contributed by atoms with Crippen LogP contribution in [0, 0.1) is 6.92 Å². The third kappa shape index (κ3) is 6.57. The molecule has 0 saturated carbocycles. The van der Waals surface area contributed by atoms with Crippen LogP contribution in [0.4, 0.5) is 5.88 Å². The van der Waals surface area contributed by atoms with Gasteiger partial charge in [0.2, 0.25) is 11.8 Å². The highest BCUT2D eigenvalue weighted by atomic mass is 16.5. The van der Waals surface area contributed by atoms with Gasteiger partial charge in [-0.1, -0.05) is 0 Å². The number of hydrogen-bond donors (Lipinski definition) is 2. The lowest BCUT2D eigenvalue weighted by Gasteiger charge is -2.07. The molecule has 0 aliphatic carbocycles. The molecule has 27 heavy (non-hydrogen) atoms. The summed E-state index contributed by atoms with van der Waals surface area (Å²) in [5.74, 6) is -3.10. The van der Waals surface area contributed by atoms with Crippen LogP contribution in [0.15, 0.2) is 4.42 Å². The lowest BCUT2D eigenvalue weighted by Crippen LogP contribution is -2.26. The molecule has 0 unspecified atom stereocenters. The standard InChI is InChI=1S/C17H22N2O8/c1-5-25-17(24)15-14(9(2)20)10(3)27-16(15)19-12(22)8-26-13(23)6-7-18-11(4)21/h5-8H2,1-4H3,(H,18,21)(H,19,22). The number of nitrogens with one attached hydrogen (secondary N) is 2. The van der Waals surface area contributed by atoms with Gasteiger partial charge in [-0.25, -0.2) is 4.79 Å². The summed E-state index contributed by atoms with van der Waals surface area (Å²) in [5, 5.41) is 4.71. The minimum absolute atomic E-state index is 0.0102. The van der Waals surface area contributed by atoms with Gasteiger partial charge in [0.15, 0.2) is 12.4 Å². The molecule has 0 aromatic carbocycles. The number of ether oxygens (including phenoxy) is 2. The van der Waals surface area contributed by atoms with Crippen LogP contribution in [-0.4, -0.2) is 49.3 Å². The third-order valence-electron chi connectivity index (χ3n) is 3.24. The predicted octanol–water partition coefficient (Wildman–Crippen LogP) is 0.975. The molecule has 0 aliphatic rings. The summed E-state index contributed by atoms with van der Waals surface area (Å²) in [6.07, 6.45) is -0.102. The Morgan fingerprint density at radius 2 is 1.70 bits per heavy atom. The fraction of sp³-hybridized carbons (Fsp3) is 0.471. The van der Waals surface area contributed by atoms with E-state index in [-0.39, 0.29) is 48.3 Å². The maximum absolute atomic E-state index is 12.1. The first-order valence-electron chi connectivity index (χ1n) is 8.18. The summed E-state index contributed by atoms with van der Waals surface area (Å²) in [6, 6.07) is 0. The number of furan rings is 1. The molecule has 2 N–H and O–H groups in total. The number of ketones is 1. The molecular weight excluding hydrogens is 360 g/mol. The normalized spacial score (nSPS) is 10.1. The molecule has 2 amide bonds. The van der Waals surface area contributed by atoms with Gasteiger partial charge in [-0.3, -0.25) is 24.5 Å². The average Bonchev–Trinajstić information content (AvgIpc) is 2.89. The number of carbonyl (C=O) groups excluding carboxylic acids is 5. The van der Waals surface area contributed by atoms with Crippen LogP contribution in [0.3, 0.4) is 0 Å². The SMILES string of the molecule is CCOC(=O)c1c(NC(=O)COC(=O)CCNC(C)=O)oc(C)c1C(C)=O. The van der Waals surface area contributed by atoms with E-state index in [1.165, 1.54) is 20.8 Å². The van der Waals surface area contributed by atoms with Gasteiger partial charge in [0.25, 0.3) is 5.91 Å². The molecule has 1 rings (SSSR count). The van der Waals surface area contributed by atoms with E-state index in [1.54, 1.807) is 6.92 Å². The van der Waals surface area contributed by atoms with Crippen LogP contribution in [0.25, 0.3) is 0 Å². The van der Waals surface area contributed by atoms with Crippen molar-refractivity contribution < 1.29 is 37.9 Å². The Bertz CT molecular complexity index is 750. The molecule has 0 saturated heterocycles. The number of aryl methyl sites for hydroxylation is 1. The van der Waals surface area contributed by atoms with Crippen molar-refractivity contribution in [1.29, 1.82) is 0 Å². The summed E-state index contributed by atoms with van der Waals surface area (Å²) in [7, 11) is 0. The monoisotopic (exact) mass is 382 g/mol. The van der Waals surface area contributed by atoms with E-state index in [0.29, 0.717) is 0 Å². The van der Waals surface area contributed by atoms with Crippen molar-refractivity contribution in [3.8, 4) is 0 Å². The molecule has 0 spiro atoms. The highest BCUT2D eigenvalue weighted by Crippen LogP contribution is 2.28. The molecule has 1 aromatic heterocycles. The molecule has 0 bridgehead atoms. The van der Waals surface area contributed by atoms with E-state index in [9.17, 15) is 24.0 Å². The second kappa shape index (κ2) is 10.1. The maximum Gasteiger partial charge on any atom is 0.344 e. The molecule has 10 heteroatoms. The minimum atomic E-state index is -0.817. The Morgan fingerprint density at radius 1 is 1.04 bits per heavy atom. The van der Waals surface area contributed by atoms with E-state index in [1.807, 2.05) is 0 Å². The van der Waals surface area contributed by atoms with E-state index in [0.717, 1.165) is 0 Å². The Kier molecular flexibility index (Phi) is 8.18. The van der Waals surface area contributed by atoms with Crippen molar-refractivity contribution in [1.82, 2.24) is 5.32 Å². The van der Waals surface area contributed by atoms with Crippen molar-refractivity contribution >= 4 is 35.4 Å². The van der Waals surface area contributed by atoms with Gasteiger partial charge in [0, 0.05) is 13.5 Å². The average molecular weight is 382 g/mol. The summed E-state index contributed by atoms with van der Waals surface area (Å²) in [6.45, 7) is 5.15. The smallest absolute Gasteiger partial charge is 0.344 e. The molecule has 0 radical (unpaired) electrons. The Balaban J connectivity index is 2.77. The van der Waals surface area contributed by atoms with Gasteiger partial charge in [0.1, 0.15) is 11.3 Å². The summed E-state index contributed by atoms with van der Waals surface area (Å²) >= 11 is 0. The fourth-order valence-electron chi connectivity index (χ4n) is 2.18. The summed E-state index contributed by atoms with van der Waals surface area (Å²) in [5.41, 5.74) is -0.178. The number of anilines is 1. The molecule has 148 valence electrons. The van der Waals surface area contributed by atoms with Gasteiger partial charge in [-0.05, 0) is 20.8 Å². The van der Waals surface area contributed by atoms with Crippen LogP contribution in [0.1, 0.15) is 53.7 Å². The molecule has 1 heterocycles. The van der Waals surface area contributed by atoms with E-state index in [2.05, 4.69) is 10.6 Å². The van der Waals surface area contributed by atoms with Gasteiger partial charge in [-0.2, -0.15) is 0 Å². The Hall–Kier alpha value is -3.17. The van der Waals surface area contributed by atoms with Crippen molar-refractivity contribution in [3.63, 3.8) is 0 Å². The van der Waals surface area contributed by atoms with Crippen molar-refractivity contribution in [2.24, 2.45) is 0 Å². The maximum atomic E-state index is 12.1. The van der Waals surface area contributed by atoms with Crippen LogP contribution in [0.2, 0.25) is 0 Å².